The van der Waals surface area contributed by atoms with Crippen LogP contribution in [-0.4, -0.2) is 64.3 Å². The first kappa shape index (κ1) is 22.1. The van der Waals surface area contributed by atoms with Crippen molar-refractivity contribution in [2.24, 2.45) is 25.0 Å². The molecule has 8 nitrogen and oxygen atoms in total. The average Bonchev–Trinajstić information content (AvgIpc) is 2.69. The van der Waals surface area contributed by atoms with Crippen LogP contribution in [0, 0.1) is 12.8 Å². The third-order valence-corrected chi connectivity index (χ3v) is 5.77. The minimum atomic E-state index is -0.407. The standard InChI is InChI=1S/C20H33N5O3/c1-7-15(12-17(26)25-10-8-16(9-11-25)22(3)4)13-21-18-14(2)19(27)24(6)20(28)23(18)5/h13,15-16H,7-12H2,1-6H3/b21-13-. The van der Waals surface area contributed by atoms with Crippen molar-refractivity contribution in [2.75, 3.05) is 27.2 Å². The van der Waals surface area contributed by atoms with Gasteiger partial charge in [0.1, 0.15) is 5.82 Å². The predicted molar refractivity (Wildman–Crippen MR) is 112 cm³/mol. The third-order valence-electron chi connectivity index (χ3n) is 5.77. The SMILES string of the molecule is CCC(/C=N\c1c(C)c(=O)n(C)c(=O)n1C)CC(=O)N1CCC(N(C)C)CC1. The van der Waals surface area contributed by atoms with Crippen molar-refractivity contribution in [1.82, 2.24) is 18.9 Å². The van der Waals surface area contributed by atoms with Gasteiger partial charge in [0, 0.05) is 51.8 Å². The molecule has 1 atom stereocenters. The van der Waals surface area contributed by atoms with Crippen molar-refractivity contribution < 1.29 is 4.79 Å². The largest absolute Gasteiger partial charge is 0.343 e. The van der Waals surface area contributed by atoms with Crippen molar-refractivity contribution in [3.05, 3.63) is 26.4 Å². The summed E-state index contributed by atoms with van der Waals surface area (Å²) < 4.78 is 2.44. The van der Waals surface area contributed by atoms with Crippen LogP contribution in [0.4, 0.5) is 5.82 Å². The second-order valence-electron chi connectivity index (χ2n) is 7.88. The first-order valence-corrected chi connectivity index (χ1v) is 9.92. The van der Waals surface area contributed by atoms with E-state index in [0.29, 0.717) is 23.8 Å². The molecule has 1 aromatic heterocycles. The Balaban J connectivity index is 2.08. The van der Waals surface area contributed by atoms with Gasteiger partial charge in [0.15, 0.2) is 0 Å². The van der Waals surface area contributed by atoms with Crippen LogP contribution in [0.3, 0.4) is 0 Å². The lowest BCUT2D eigenvalue weighted by Crippen LogP contribution is -2.44. The molecule has 1 aliphatic heterocycles. The summed E-state index contributed by atoms with van der Waals surface area (Å²) in [4.78, 5) is 45.5. The maximum Gasteiger partial charge on any atom is 0.332 e. The van der Waals surface area contributed by atoms with E-state index in [-0.39, 0.29) is 17.4 Å². The second-order valence-corrected chi connectivity index (χ2v) is 7.88. The van der Waals surface area contributed by atoms with Gasteiger partial charge < -0.3 is 9.80 Å². The Bertz CT molecular complexity index is 807. The molecule has 1 unspecified atom stereocenters. The molecular formula is C20H33N5O3. The number of amides is 1. The fourth-order valence-corrected chi connectivity index (χ4v) is 3.65. The minimum absolute atomic E-state index is 0.0300. The number of carbonyl (C=O) groups excluding carboxylic acids is 1. The second kappa shape index (κ2) is 9.32. The number of hydrogen-bond acceptors (Lipinski definition) is 5. The van der Waals surface area contributed by atoms with Gasteiger partial charge in [-0.15, -0.1) is 0 Å². The Morgan fingerprint density at radius 1 is 1.21 bits per heavy atom. The summed E-state index contributed by atoms with van der Waals surface area (Å²) in [6.07, 6.45) is 4.87. The zero-order chi connectivity index (χ0) is 21.0. The number of carbonyl (C=O) groups is 1. The van der Waals surface area contributed by atoms with Crippen molar-refractivity contribution in [2.45, 2.75) is 45.6 Å². The topological polar surface area (TPSA) is 79.9 Å². The molecule has 0 saturated carbocycles. The molecule has 8 heteroatoms. The van der Waals surface area contributed by atoms with Crippen LogP contribution in [0.15, 0.2) is 14.6 Å². The van der Waals surface area contributed by atoms with Gasteiger partial charge in [0.05, 0.1) is 5.56 Å². The molecule has 1 aromatic rings. The van der Waals surface area contributed by atoms with E-state index in [4.69, 9.17) is 0 Å². The number of hydrogen-bond donors (Lipinski definition) is 0. The number of rotatable bonds is 6. The van der Waals surface area contributed by atoms with Crippen LogP contribution in [-0.2, 0) is 18.9 Å². The van der Waals surface area contributed by atoms with Gasteiger partial charge in [-0.3, -0.25) is 18.7 Å². The molecule has 156 valence electrons. The smallest absolute Gasteiger partial charge is 0.332 e. The summed E-state index contributed by atoms with van der Waals surface area (Å²) in [6, 6.07) is 0.539. The van der Waals surface area contributed by atoms with Gasteiger partial charge >= 0.3 is 5.69 Å². The fraction of sp³-hybridized carbons (Fsp3) is 0.700. The molecule has 0 N–H and O–H groups in total. The monoisotopic (exact) mass is 391 g/mol. The molecular weight excluding hydrogens is 358 g/mol. The lowest BCUT2D eigenvalue weighted by molar-refractivity contribution is -0.133. The quantitative estimate of drug-likeness (QED) is 0.680. The molecule has 1 amide bonds. The molecule has 2 heterocycles. The molecule has 0 bridgehead atoms. The number of aliphatic imine (C=N–C) groups is 1. The van der Waals surface area contributed by atoms with Crippen LogP contribution in [0.2, 0.25) is 0 Å². The van der Waals surface area contributed by atoms with Crippen LogP contribution < -0.4 is 11.2 Å². The highest BCUT2D eigenvalue weighted by atomic mass is 16.2. The van der Waals surface area contributed by atoms with Gasteiger partial charge in [0.25, 0.3) is 5.56 Å². The van der Waals surface area contributed by atoms with Crippen LogP contribution in [0.1, 0.15) is 38.2 Å². The Hall–Kier alpha value is -2.22. The Labute approximate surface area is 166 Å². The van der Waals surface area contributed by atoms with Gasteiger partial charge in [-0.1, -0.05) is 6.92 Å². The van der Waals surface area contributed by atoms with Crippen molar-refractivity contribution >= 4 is 17.9 Å². The molecule has 0 aliphatic carbocycles. The van der Waals surface area contributed by atoms with E-state index in [2.05, 4.69) is 24.0 Å². The maximum absolute atomic E-state index is 12.7. The highest BCUT2D eigenvalue weighted by molar-refractivity contribution is 5.80. The van der Waals surface area contributed by atoms with E-state index in [1.54, 1.807) is 20.2 Å². The molecule has 28 heavy (non-hydrogen) atoms. The van der Waals surface area contributed by atoms with E-state index in [1.807, 2.05) is 11.8 Å². The predicted octanol–water partition coefficient (Wildman–Crippen LogP) is 1.06. The number of nitrogens with zero attached hydrogens (tertiary/aromatic N) is 5. The molecule has 1 aliphatic rings. The van der Waals surface area contributed by atoms with E-state index in [0.717, 1.165) is 36.9 Å². The summed E-state index contributed by atoms with van der Waals surface area (Å²) in [5.74, 6) is 0.466. The number of aromatic nitrogens is 2. The summed E-state index contributed by atoms with van der Waals surface area (Å²) in [5, 5.41) is 0. The minimum Gasteiger partial charge on any atom is -0.343 e. The maximum atomic E-state index is 12.7. The van der Waals surface area contributed by atoms with Crippen molar-refractivity contribution in [3.8, 4) is 0 Å². The van der Waals surface area contributed by atoms with Gasteiger partial charge in [-0.25, -0.2) is 9.79 Å². The lowest BCUT2D eigenvalue weighted by atomic mass is 10.00. The van der Waals surface area contributed by atoms with E-state index in [9.17, 15) is 14.4 Å². The lowest BCUT2D eigenvalue weighted by Gasteiger charge is -2.35. The van der Waals surface area contributed by atoms with E-state index < -0.39 is 5.69 Å². The highest BCUT2D eigenvalue weighted by Gasteiger charge is 2.25. The summed E-state index contributed by atoms with van der Waals surface area (Å²) in [6.45, 7) is 5.25. The van der Waals surface area contributed by atoms with Crippen LogP contribution in [0.25, 0.3) is 0 Å². The molecule has 0 radical (unpaired) electrons. The Morgan fingerprint density at radius 3 is 2.36 bits per heavy atom. The van der Waals surface area contributed by atoms with Gasteiger partial charge in [-0.05, 0) is 40.3 Å². The zero-order valence-electron chi connectivity index (χ0n) is 17.9. The van der Waals surface area contributed by atoms with Crippen LogP contribution in [0.5, 0.6) is 0 Å². The highest BCUT2D eigenvalue weighted by Crippen LogP contribution is 2.18. The van der Waals surface area contributed by atoms with Gasteiger partial charge in [0.2, 0.25) is 5.91 Å². The van der Waals surface area contributed by atoms with Crippen molar-refractivity contribution in [1.29, 1.82) is 0 Å². The van der Waals surface area contributed by atoms with E-state index in [1.165, 1.54) is 11.6 Å². The summed E-state index contributed by atoms with van der Waals surface area (Å²) in [7, 11) is 7.22. The van der Waals surface area contributed by atoms with Crippen molar-refractivity contribution in [3.63, 3.8) is 0 Å². The van der Waals surface area contributed by atoms with E-state index >= 15 is 0 Å². The third kappa shape index (κ3) is 4.79. The first-order chi connectivity index (χ1) is 13.2. The summed E-state index contributed by atoms with van der Waals surface area (Å²) in [5.41, 5.74) is -0.327. The first-order valence-electron chi connectivity index (χ1n) is 9.92. The normalized spacial score (nSPS) is 16.9. The fourth-order valence-electron chi connectivity index (χ4n) is 3.65. The zero-order valence-corrected chi connectivity index (χ0v) is 17.9. The molecule has 1 saturated heterocycles. The number of piperidine rings is 1. The summed E-state index contributed by atoms with van der Waals surface area (Å²) >= 11 is 0. The van der Waals surface area contributed by atoms with Gasteiger partial charge in [-0.2, -0.15) is 0 Å². The Kier molecular flexibility index (Phi) is 7.35. The number of likely N-dealkylation sites (tertiary alicyclic amines) is 1. The molecule has 0 aromatic carbocycles. The molecule has 0 spiro atoms. The molecule has 1 fully saturated rings. The average molecular weight is 392 g/mol. The molecule has 2 rings (SSSR count). The van der Waals surface area contributed by atoms with Crippen LogP contribution >= 0.6 is 0 Å². The Morgan fingerprint density at radius 2 is 1.82 bits per heavy atom.